The molecule has 0 spiro atoms. The van der Waals surface area contributed by atoms with Crippen molar-refractivity contribution in [1.29, 1.82) is 0 Å². The molecule has 0 aliphatic carbocycles. The van der Waals surface area contributed by atoms with Crippen molar-refractivity contribution >= 4 is 23.7 Å². The van der Waals surface area contributed by atoms with Gasteiger partial charge in [0.25, 0.3) is 0 Å². The minimum Gasteiger partial charge on any atom is -0.340 e. The Bertz CT molecular complexity index is 1110. The molecular formula is C25H28N6. The van der Waals surface area contributed by atoms with Gasteiger partial charge in [0.2, 0.25) is 5.95 Å². The Kier molecular flexibility index (Phi) is 5.38. The summed E-state index contributed by atoms with van der Waals surface area (Å²) < 4.78 is 0. The molecule has 3 aromatic rings. The van der Waals surface area contributed by atoms with Gasteiger partial charge in [0.15, 0.2) is 0 Å². The molecule has 0 radical (unpaired) electrons. The largest absolute Gasteiger partial charge is 0.340 e. The third kappa shape index (κ3) is 4.16. The van der Waals surface area contributed by atoms with Crippen LogP contribution in [0.15, 0.2) is 53.5 Å². The van der Waals surface area contributed by atoms with Gasteiger partial charge in [0.05, 0.1) is 6.54 Å². The molecule has 1 saturated heterocycles. The van der Waals surface area contributed by atoms with Crippen LogP contribution in [-0.4, -0.2) is 35.8 Å². The van der Waals surface area contributed by atoms with Gasteiger partial charge in [0.1, 0.15) is 5.82 Å². The number of fused-ring (bicyclic) bond motifs is 1. The fourth-order valence-corrected chi connectivity index (χ4v) is 4.21. The molecule has 6 heteroatoms. The molecule has 1 atom stereocenters. The van der Waals surface area contributed by atoms with Crippen molar-refractivity contribution in [2.24, 2.45) is 4.99 Å². The van der Waals surface area contributed by atoms with Crippen molar-refractivity contribution in [3.05, 3.63) is 76.5 Å². The highest BCUT2D eigenvalue weighted by atomic mass is 15.3. The number of aliphatic imine (C=N–C) groups is 1. The lowest BCUT2D eigenvalue weighted by atomic mass is 10.1. The van der Waals surface area contributed by atoms with Gasteiger partial charge < -0.3 is 15.5 Å². The van der Waals surface area contributed by atoms with Gasteiger partial charge >= 0.3 is 0 Å². The first-order valence-corrected chi connectivity index (χ1v) is 11.0. The normalized spacial score (nSPS) is 18.0. The van der Waals surface area contributed by atoms with E-state index in [1.165, 1.54) is 16.7 Å². The van der Waals surface area contributed by atoms with Crippen molar-refractivity contribution in [2.45, 2.75) is 32.9 Å². The summed E-state index contributed by atoms with van der Waals surface area (Å²) in [5.74, 6) is 1.66. The Morgan fingerprint density at radius 3 is 2.81 bits per heavy atom. The molecule has 1 unspecified atom stereocenters. The van der Waals surface area contributed by atoms with E-state index in [0.29, 0.717) is 0 Å². The number of rotatable bonds is 4. The van der Waals surface area contributed by atoms with E-state index in [4.69, 9.17) is 9.97 Å². The third-order valence-corrected chi connectivity index (χ3v) is 6.16. The Balaban J connectivity index is 1.43. The number of hydrogen-bond donors (Lipinski definition) is 2. The number of benzene rings is 2. The number of anilines is 3. The summed E-state index contributed by atoms with van der Waals surface area (Å²) in [6, 6.07) is 17.3. The molecule has 158 valence electrons. The molecule has 1 aromatic heterocycles. The van der Waals surface area contributed by atoms with E-state index in [1.54, 1.807) is 0 Å². The molecule has 3 heterocycles. The van der Waals surface area contributed by atoms with Crippen LogP contribution in [0.5, 0.6) is 0 Å². The van der Waals surface area contributed by atoms with E-state index in [1.807, 2.05) is 6.21 Å². The van der Waals surface area contributed by atoms with Crippen LogP contribution in [0.1, 0.15) is 40.4 Å². The zero-order chi connectivity index (χ0) is 21.2. The molecule has 2 aliphatic heterocycles. The highest BCUT2D eigenvalue weighted by molar-refractivity contribution is 5.86. The number of hydrogen-bond acceptors (Lipinski definition) is 6. The van der Waals surface area contributed by atoms with Gasteiger partial charge in [-0.3, -0.25) is 4.99 Å². The number of nitrogens with one attached hydrogen (secondary N) is 2. The Labute approximate surface area is 183 Å². The average Bonchev–Trinajstić information content (AvgIpc) is 3.11. The van der Waals surface area contributed by atoms with Gasteiger partial charge in [-0.25, -0.2) is 4.98 Å². The van der Waals surface area contributed by atoms with Gasteiger partial charge in [-0.05, 0) is 55.6 Å². The van der Waals surface area contributed by atoms with Gasteiger partial charge in [-0.15, -0.1) is 0 Å². The van der Waals surface area contributed by atoms with E-state index in [2.05, 4.69) is 82.9 Å². The maximum Gasteiger partial charge on any atom is 0.227 e. The van der Waals surface area contributed by atoms with E-state index >= 15 is 0 Å². The summed E-state index contributed by atoms with van der Waals surface area (Å²) >= 11 is 0. The summed E-state index contributed by atoms with van der Waals surface area (Å²) in [5, 5.41) is 7.20. The quantitative estimate of drug-likeness (QED) is 0.668. The summed E-state index contributed by atoms with van der Waals surface area (Å²) in [6.45, 7) is 7.69. The Hall–Kier alpha value is -3.25. The van der Waals surface area contributed by atoms with Gasteiger partial charge in [0, 0.05) is 42.3 Å². The first-order valence-electron chi connectivity index (χ1n) is 11.0. The van der Waals surface area contributed by atoms with Crippen LogP contribution in [0, 0.1) is 13.8 Å². The molecule has 2 aromatic carbocycles. The second-order valence-corrected chi connectivity index (χ2v) is 8.31. The van der Waals surface area contributed by atoms with Crippen LogP contribution in [0.25, 0.3) is 0 Å². The minimum absolute atomic E-state index is 0.265. The van der Waals surface area contributed by atoms with Crippen molar-refractivity contribution in [1.82, 2.24) is 15.3 Å². The Morgan fingerprint density at radius 2 is 1.94 bits per heavy atom. The topological polar surface area (TPSA) is 65.4 Å². The molecule has 5 rings (SSSR count). The number of nitrogens with zero attached hydrogens (tertiary/aromatic N) is 4. The van der Waals surface area contributed by atoms with E-state index < -0.39 is 0 Å². The first kappa shape index (κ1) is 19.7. The minimum atomic E-state index is 0.265. The highest BCUT2D eigenvalue weighted by Gasteiger charge is 2.22. The summed E-state index contributed by atoms with van der Waals surface area (Å²) in [7, 11) is 0. The van der Waals surface area contributed by atoms with Crippen molar-refractivity contribution in [3.8, 4) is 0 Å². The average molecular weight is 413 g/mol. The SMILES string of the molecule is Cc1nc(N2CCCNC(c3ccccc3)C2)nc(Nc2ccc3c(c2)C=NC3)c1C. The number of aryl methyl sites for hydroxylation is 1. The lowest BCUT2D eigenvalue weighted by Gasteiger charge is -2.26. The second-order valence-electron chi connectivity index (χ2n) is 8.31. The first-order chi connectivity index (χ1) is 15.2. The molecule has 2 aliphatic rings. The van der Waals surface area contributed by atoms with Crippen molar-refractivity contribution < 1.29 is 0 Å². The maximum atomic E-state index is 4.96. The zero-order valence-electron chi connectivity index (χ0n) is 18.1. The zero-order valence-corrected chi connectivity index (χ0v) is 18.1. The van der Waals surface area contributed by atoms with Crippen LogP contribution in [0.3, 0.4) is 0 Å². The predicted molar refractivity (Wildman–Crippen MR) is 127 cm³/mol. The fourth-order valence-electron chi connectivity index (χ4n) is 4.21. The van der Waals surface area contributed by atoms with E-state index in [-0.39, 0.29) is 6.04 Å². The summed E-state index contributed by atoms with van der Waals surface area (Å²) in [6.07, 6.45) is 3.00. The summed E-state index contributed by atoms with van der Waals surface area (Å²) in [4.78, 5) is 16.5. The van der Waals surface area contributed by atoms with Gasteiger partial charge in [-0.1, -0.05) is 36.4 Å². The predicted octanol–water partition coefficient (Wildman–Crippen LogP) is 4.31. The second kappa shape index (κ2) is 8.47. The molecule has 0 saturated carbocycles. The monoisotopic (exact) mass is 412 g/mol. The van der Waals surface area contributed by atoms with E-state index in [0.717, 1.165) is 61.3 Å². The van der Waals surface area contributed by atoms with Crippen LogP contribution >= 0.6 is 0 Å². The maximum absolute atomic E-state index is 4.96. The van der Waals surface area contributed by atoms with Crippen molar-refractivity contribution in [2.75, 3.05) is 29.9 Å². The van der Waals surface area contributed by atoms with Crippen LogP contribution in [0.4, 0.5) is 17.5 Å². The summed E-state index contributed by atoms with van der Waals surface area (Å²) in [5.41, 5.74) is 6.85. The van der Waals surface area contributed by atoms with Crippen LogP contribution in [-0.2, 0) is 6.54 Å². The van der Waals surface area contributed by atoms with Crippen LogP contribution in [0.2, 0.25) is 0 Å². The third-order valence-electron chi connectivity index (χ3n) is 6.16. The molecular weight excluding hydrogens is 384 g/mol. The highest BCUT2D eigenvalue weighted by Crippen LogP contribution is 2.27. The smallest absolute Gasteiger partial charge is 0.227 e. The molecule has 0 amide bonds. The Morgan fingerprint density at radius 1 is 1.06 bits per heavy atom. The molecule has 1 fully saturated rings. The van der Waals surface area contributed by atoms with Crippen molar-refractivity contribution in [3.63, 3.8) is 0 Å². The molecule has 2 N–H and O–H groups in total. The lowest BCUT2D eigenvalue weighted by molar-refractivity contribution is 0.567. The standard InChI is InChI=1S/C25H28N6/c1-17-18(2)28-25(30-24(17)29-22-10-9-20-14-26-15-21(20)13-22)31-12-6-11-27-23(16-31)19-7-4-3-5-8-19/h3-5,7-10,13,15,23,27H,6,11-12,14,16H2,1-2H3,(H,28,29,30). The van der Waals surface area contributed by atoms with Gasteiger partial charge in [-0.2, -0.15) is 4.98 Å². The number of aromatic nitrogens is 2. The fraction of sp³-hybridized carbons (Fsp3) is 0.320. The molecule has 0 bridgehead atoms. The molecule has 31 heavy (non-hydrogen) atoms. The van der Waals surface area contributed by atoms with Crippen LogP contribution < -0.4 is 15.5 Å². The van der Waals surface area contributed by atoms with E-state index in [9.17, 15) is 0 Å². The molecule has 6 nitrogen and oxygen atoms in total. The lowest BCUT2D eigenvalue weighted by Crippen LogP contribution is -2.32.